The number of para-hydroxylation sites is 2. The summed E-state index contributed by atoms with van der Waals surface area (Å²) >= 11 is -1.34. The molecule has 5 rings (SSSR count). The number of ether oxygens (including phenoxy) is 4. The van der Waals surface area contributed by atoms with Crippen molar-refractivity contribution in [2.75, 3.05) is 33.0 Å². The molecule has 172 valence electrons. The van der Waals surface area contributed by atoms with E-state index in [1.807, 2.05) is 37.3 Å². The molecule has 8 nitrogen and oxygen atoms in total. The van der Waals surface area contributed by atoms with Gasteiger partial charge in [0.1, 0.15) is 5.75 Å². The number of H-pyrrole nitrogens is 1. The number of nitrogens with zero attached hydrogens (tertiary/aromatic N) is 2. The molecule has 2 fully saturated rings. The van der Waals surface area contributed by atoms with E-state index in [0.717, 1.165) is 40.9 Å². The van der Waals surface area contributed by atoms with Crippen molar-refractivity contribution in [2.45, 2.75) is 36.5 Å². The van der Waals surface area contributed by atoms with E-state index in [2.05, 4.69) is 15.0 Å². The van der Waals surface area contributed by atoms with E-state index in [1.165, 1.54) is 0 Å². The van der Waals surface area contributed by atoms with Gasteiger partial charge >= 0.3 is 34.7 Å². The van der Waals surface area contributed by atoms with Gasteiger partial charge < -0.3 is 23.5 Å². The summed E-state index contributed by atoms with van der Waals surface area (Å²) < 4.78 is 36.5. The quantitative estimate of drug-likeness (QED) is 0.426. The van der Waals surface area contributed by atoms with Crippen LogP contribution >= 0.6 is 0 Å². The molecular formula is C23H28N3NaO5S. The van der Waals surface area contributed by atoms with Gasteiger partial charge in [-0.25, -0.2) is 0 Å². The number of nitrogens with one attached hydrogen (secondary N) is 1. The Bertz CT molecular complexity index is 1030. The van der Waals surface area contributed by atoms with Crippen LogP contribution < -0.4 is 4.74 Å². The Morgan fingerprint density at radius 1 is 1.18 bits per heavy atom. The normalized spacial score (nSPS) is 19.3. The summed E-state index contributed by atoms with van der Waals surface area (Å²) in [6.45, 7) is 4.99. The number of fused-ring (bicyclic) bond motifs is 1. The van der Waals surface area contributed by atoms with Crippen molar-refractivity contribution >= 4 is 51.8 Å². The number of imidazole rings is 1. The van der Waals surface area contributed by atoms with Crippen molar-refractivity contribution in [3.8, 4) is 5.75 Å². The third kappa shape index (κ3) is 5.74. The Balaban J connectivity index is 0.00000259. The van der Waals surface area contributed by atoms with Crippen LogP contribution in [-0.2, 0) is 31.1 Å². The molecule has 1 aromatic carbocycles. The fourth-order valence-corrected chi connectivity index (χ4v) is 5.09. The number of hydrogen-bond donors (Lipinski definition) is 1. The summed E-state index contributed by atoms with van der Waals surface area (Å²) in [5.74, 6) is 0.685. The van der Waals surface area contributed by atoms with Gasteiger partial charge in [0.05, 0.1) is 49.8 Å². The van der Waals surface area contributed by atoms with E-state index in [9.17, 15) is 4.55 Å². The van der Waals surface area contributed by atoms with Crippen LogP contribution in [0.2, 0.25) is 0 Å². The molecule has 0 aliphatic carbocycles. The van der Waals surface area contributed by atoms with Gasteiger partial charge in [-0.15, -0.1) is 0 Å². The van der Waals surface area contributed by atoms with E-state index in [0.29, 0.717) is 38.2 Å². The zero-order valence-corrected chi connectivity index (χ0v) is 18.9. The first kappa shape index (κ1) is 24.9. The summed E-state index contributed by atoms with van der Waals surface area (Å²) in [7, 11) is 0. The van der Waals surface area contributed by atoms with Crippen LogP contribution in [0.25, 0.3) is 11.0 Å². The molecule has 10 heteroatoms. The molecule has 2 aliphatic rings. The van der Waals surface area contributed by atoms with Crippen LogP contribution in [0.1, 0.15) is 24.1 Å². The summed E-state index contributed by atoms with van der Waals surface area (Å²) in [6.07, 6.45) is 3.24. The van der Waals surface area contributed by atoms with Gasteiger partial charge in [-0.3, -0.25) is 9.97 Å². The third-order valence-corrected chi connectivity index (χ3v) is 7.16. The summed E-state index contributed by atoms with van der Waals surface area (Å²) in [5.41, 5.74) is 3.29. The number of benzene rings is 1. The minimum absolute atomic E-state index is 0. The predicted octanol–water partition coefficient (Wildman–Crippen LogP) is 2.47. The van der Waals surface area contributed by atoms with Crippen molar-refractivity contribution < 1.29 is 23.5 Å². The maximum atomic E-state index is 12.9. The Morgan fingerprint density at radius 3 is 2.70 bits per heavy atom. The minimum atomic E-state index is -1.34. The van der Waals surface area contributed by atoms with Crippen molar-refractivity contribution in [3.63, 3.8) is 0 Å². The molecule has 33 heavy (non-hydrogen) atoms. The molecule has 3 aromatic rings. The van der Waals surface area contributed by atoms with Gasteiger partial charge in [-0.05, 0) is 25.1 Å². The van der Waals surface area contributed by atoms with Gasteiger partial charge in [0, 0.05) is 41.7 Å². The molecule has 0 amide bonds. The average molecular weight is 482 g/mol. The first-order chi connectivity index (χ1) is 15.6. The van der Waals surface area contributed by atoms with E-state index in [-0.39, 0.29) is 41.2 Å². The number of aromatic nitrogens is 3. The molecule has 1 spiro atoms. The van der Waals surface area contributed by atoms with Gasteiger partial charge in [0.2, 0.25) is 0 Å². The molecule has 0 radical (unpaired) electrons. The molecular weight excluding hydrogens is 453 g/mol. The van der Waals surface area contributed by atoms with E-state index in [4.69, 9.17) is 18.9 Å². The molecule has 4 heterocycles. The van der Waals surface area contributed by atoms with E-state index >= 15 is 0 Å². The van der Waals surface area contributed by atoms with Crippen LogP contribution in [0.4, 0.5) is 0 Å². The van der Waals surface area contributed by atoms with Crippen LogP contribution in [0.3, 0.4) is 0 Å². The summed E-state index contributed by atoms with van der Waals surface area (Å²) in [6, 6.07) is 9.49. The summed E-state index contributed by atoms with van der Waals surface area (Å²) in [5, 5.41) is 0.456. The van der Waals surface area contributed by atoms with E-state index in [1.54, 1.807) is 6.20 Å². The molecule has 2 aliphatic heterocycles. The Hall–Kier alpha value is -1.17. The zero-order valence-electron chi connectivity index (χ0n) is 18.0. The van der Waals surface area contributed by atoms with Gasteiger partial charge in [0.25, 0.3) is 0 Å². The predicted molar refractivity (Wildman–Crippen MR) is 126 cm³/mol. The van der Waals surface area contributed by atoms with Crippen molar-refractivity contribution in [2.24, 2.45) is 5.92 Å². The number of rotatable bonds is 6. The molecule has 1 unspecified atom stereocenters. The molecule has 1 N–H and O–H groups in total. The standard InChI is InChI=1S/C23H27N3O5S.Na.H/c1-16-20(15-32(27)22-25-18-4-2-3-5-19(18)26-22)24-9-6-21(16)29-12-17-13-30-23(31-14-17)7-10-28-11-8-23;;/h2-6,9,17H,7-8,10-15H2,1H3,(H,25,26);;. The molecule has 0 bridgehead atoms. The molecule has 2 aromatic heterocycles. The van der Waals surface area contributed by atoms with Crippen molar-refractivity contribution in [3.05, 3.63) is 47.8 Å². The fourth-order valence-electron chi connectivity index (χ4n) is 3.99. The molecule has 0 saturated carbocycles. The number of pyridine rings is 1. The van der Waals surface area contributed by atoms with Crippen LogP contribution in [0.5, 0.6) is 5.75 Å². The first-order valence-electron chi connectivity index (χ1n) is 10.9. The SMILES string of the molecule is Cc1c(OCC2COC3(CCOCC3)OC2)ccnc1C[S+]([O-])c1nc2ccccc2[nH]1.[NaH]. The third-order valence-electron chi connectivity index (χ3n) is 6.00. The second kappa shape index (κ2) is 11.0. The summed E-state index contributed by atoms with van der Waals surface area (Å²) in [4.78, 5) is 12.0. The number of aromatic amines is 1. The second-order valence-corrected chi connectivity index (χ2v) is 9.62. The Kier molecular flexibility index (Phi) is 8.35. The fraction of sp³-hybridized carbons (Fsp3) is 0.478. The van der Waals surface area contributed by atoms with E-state index < -0.39 is 17.0 Å². The molecule has 1 atom stereocenters. The van der Waals surface area contributed by atoms with Gasteiger partial charge in [0.15, 0.2) is 11.5 Å². The Morgan fingerprint density at radius 2 is 1.94 bits per heavy atom. The first-order valence-corrected chi connectivity index (χ1v) is 12.2. The maximum absolute atomic E-state index is 12.9. The molecule has 2 saturated heterocycles. The number of hydrogen-bond acceptors (Lipinski definition) is 7. The monoisotopic (exact) mass is 481 g/mol. The second-order valence-electron chi connectivity index (χ2n) is 8.25. The van der Waals surface area contributed by atoms with Gasteiger partial charge in [-0.1, -0.05) is 12.1 Å². The van der Waals surface area contributed by atoms with Crippen LogP contribution in [0, 0.1) is 12.8 Å². The van der Waals surface area contributed by atoms with Crippen molar-refractivity contribution in [1.29, 1.82) is 0 Å². The topological polar surface area (TPSA) is 102 Å². The average Bonchev–Trinajstić information content (AvgIpc) is 3.26. The van der Waals surface area contributed by atoms with Crippen LogP contribution in [-0.4, -0.2) is 87.9 Å². The van der Waals surface area contributed by atoms with Gasteiger partial charge in [-0.2, -0.15) is 4.98 Å². The van der Waals surface area contributed by atoms with Crippen molar-refractivity contribution in [1.82, 2.24) is 15.0 Å². The Labute approximate surface area is 218 Å². The van der Waals surface area contributed by atoms with Crippen LogP contribution in [0.15, 0.2) is 41.7 Å². The zero-order chi connectivity index (χ0) is 22.0.